The van der Waals surface area contributed by atoms with Crippen molar-refractivity contribution in [3.05, 3.63) is 93.2 Å². The summed E-state index contributed by atoms with van der Waals surface area (Å²) in [5.41, 5.74) is 2.81. The monoisotopic (exact) mass is 458 g/mol. The van der Waals surface area contributed by atoms with Crippen molar-refractivity contribution in [1.82, 2.24) is 19.9 Å². The summed E-state index contributed by atoms with van der Waals surface area (Å²) >= 11 is 3.45. The van der Waals surface area contributed by atoms with Gasteiger partial charge in [0.1, 0.15) is 0 Å². The van der Waals surface area contributed by atoms with Crippen LogP contribution in [-0.4, -0.2) is 19.9 Å². The molecule has 30 heavy (non-hydrogen) atoms. The van der Waals surface area contributed by atoms with Gasteiger partial charge >= 0.3 is 0 Å². The van der Waals surface area contributed by atoms with Crippen LogP contribution in [0.5, 0.6) is 0 Å². The van der Waals surface area contributed by atoms with Crippen molar-refractivity contribution in [3.63, 3.8) is 0 Å². The summed E-state index contributed by atoms with van der Waals surface area (Å²) in [6, 6.07) is 22.5. The third-order valence-corrected chi connectivity index (χ3v) is 5.37. The Morgan fingerprint density at radius 1 is 0.933 bits per heavy atom. The fourth-order valence-electron chi connectivity index (χ4n) is 3.38. The zero-order valence-electron chi connectivity index (χ0n) is 15.9. The van der Waals surface area contributed by atoms with Crippen molar-refractivity contribution in [3.8, 4) is 28.7 Å². The Hall–Kier alpha value is -3.58. The van der Waals surface area contributed by atoms with Gasteiger partial charge in [-0.25, -0.2) is 0 Å². The second-order valence-corrected chi connectivity index (χ2v) is 7.74. The normalized spacial score (nSPS) is 11.1. The van der Waals surface area contributed by atoms with Gasteiger partial charge in [0.25, 0.3) is 11.4 Å². The lowest BCUT2D eigenvalue weighted by molar-refractivity contribution is 0.430. The number of aromatic nitrogens is 4. The van der Waals surface area contributed by atoms with Gasteiger partial charge in [-0.15, -0.1) is 0 Å². The predicted octanol–water partition coefficient (Wildman–Crippen LogP) is 5.17. The Kier molecular flexibility index (Phi) is 4.52. The highest BCUT2D eigenvalue weighted by Gasteiger charge is 2.19. The average Bonchev–Trinajstić information content (AvgIpc) is 3.24. The first kappa shape index (κ1) is 18.4. The summed E-state index contributed by atoms with van der Waals surface area (Å²) in [5.74, 6) is 0.738. The van der Waals surface area contributed by atoms with Gasteiger partial charge < -0.3 is 4.52 Å². The van der Waals surface area contributed by atoms with Crippen molar-refractivity contribution in [2.45, 2.75) is 6.92 Å². The van der Waals surface area contributed by atoms with E-state index in [0.717, 1.165) is 15.6 Å². The van der Waals surface area contributed by atoms with Gasteiger partial charge in [-0.3, -0.25) is 4.79 Å². The number of hydrogen-bond acceptors (Lipinski definition) is 5. The number of fused-ring (bicyclic) bond motifs is 1. The highest BCUT2D eigenvalue weighted by atomic mass is 79.9. The van der Waals surface area contributed by atoms with E-state index in [9.17, 15) is 4.79 Å². The van der Waals surface area contributed by atoms with Crippen LogP contribution < -0.4 is 5.56 Å². The number of rotatable bonds is 3. The molecule has 5 aromatic rings. The standard InChI is InChI=1S/C23H15BrN4O2/c1-14-7-2-3-10-17(14)21-25-22(30-27-21)20-18-11-4-5-12-19(18)23(29)28(26-20)16-9-6-8-15(24)13-16/h2-13H,1H3. The van der Waals surface area contributed by atoms with E-state index in [-0.39, 0.29) is 11.4 Å². The van der Waals surface area contributed by atoms with Crippen molar-refractivity contribution in [2.75, 3.05) is 0 Å². The summed E-state index contributed by atoms with van der Waals surface area (Å²) in [5, 5.41) is 9.93. The van der Waals surface area contributed by atoms with Crippen LogP contribution in [0.25, 0.3) is 39.4 Å². The van der Waals surface area contributed by atoms with E-state index < -0.39 is 0 Å². The number of nitrogens with zero attached hydrogens (tertiary/aromatic N) is 4. The molecule has 0 aliphatic rings. The van der Waals surface area contributed by atoms with Crippen LogP contribution in [0.4, 0.5) is 0 Å². The molecule has 5 rings (SSSR count). The lowest BCUT2D eigenvalue weighted by Crippen LogP contribution is -2.22. The fraction of sp³-hybridized carbons (Fsp3) is 0.0435. The first-order valence-electron chi connectivity index (χ1n) is 9.30. The molecule has 2 aromatic heterocycles. The molecule has 0 amide bonds. The van der Waals surface area contributed by atoms with Crippen LogP contribution >= 0.6 is 15.9 Å². The van der Waals surface area contributed by atoms with E-state index in [2.05, 4.69) is 31.2 Å². The van der Waals surface area contributed by atoms with Gasteiger partial charge in [0, 0.05) is 15.4 Å². The summed E-state index contributed by atoms with van der Waals surface area (Å²) in [6.07, 6.45) is 0. The lowest BCUT2D eigenvalue weighted by atomic mass is 10.1. The van der Waals surface area contributed by atoms with Crippen LogP contribution in [-0.2, 0) is 0 Å². The predicted molar refractivity (Wildman–Crippen MR) is 119 cm³/mol. The summed E-state index contributed by atoms with van der Waals surface area (Å²) in [6.45, 7) is 1.99. The van der Waals surface area contributed by atoms with Gasteiger partial charge in [0.15, 0.2) is 5.69 Å². The van der Waals surface area contributed by atoms with Crippen LogP contribution in [0.1, 0.15) is 5.56 Å². The van der Waals surface area contributed by atoms with E-state index in [1.807, 2.05) is 73.7 Å². The first-order chi connectivity index (χ1) is 14.6. The molecule has 0 aliphatic heterocycles. The number of aryl methyl sites for hydroxylation is 1. The highest BCUT2D eigenvalue weighted by molar-refractivity contribution is 9.10. The van der Waals surface area contributed by atoms with Gasteiger partial charge in [-0.1, -0.05) is 69.6 Å². The Morgan fingerprint density at radius 2 is 1.70 bits per heavy atom. The molecule has 0 fully saturated rings. The lowest BCUT2D eigenvalue weighted by Gasteiger charge is -2.09. The summed E-state index contributed by atoms with van der Waals surface area (Å²) < 4.78 is 7.79. The smallest absolute Gasteiger partial charge is 0.279 e. The van der Waals surface area contributed by atoms with E-state index in [1.54, 1.807) is 6.07 Å². The molecule has 0 atom stereocenters. The van der Waals surface area contributed by atoms with Crippen LogP contribution in [0.15, 0.2) is 86.6 Å². The molecule has 146 valence electrons. The van der Waals surface area contributed by atoms with Gasteiger partial charge in [-0.2, -0.15) is 14.8 Å². The molecule has 0 saturated heterocycles. The second-order valence-electron chi connectivity index (χ2n) is 6.83. The maximum Gasteiger partial charge on any atom is 0.279 e. The summed E-state index contributed by atoms with van der Waals surface area (Å²) in [4.78, 5) is 17.7. The van der Waals surface area contributed by atoms with E-state index in [4.69, 9.17) is 4.52 Å². The molecule has 0 N–H and O–H groups in total. The van der Waals surface area contributed by atoms with Gasteiger partial charge in [0.2, 0.25) is 5.82 Å². The van der Waals surface area contributed by atoms with Crippen molar-refractivity contribution in [2.24, 2.45) is 0 Å². The van der Waals surface area contributed by atoms with Crippen molar-refractivity contribution < 1.29 is 4.52 Å². The van der Waals surface area contributed by atoms with Crippen molar-refractivity contribution >= 4 is 26.7 Å². The molecule has 0 unspecified atom stereocenters. The molecular weight excluding hydrogens is 444 g/mol. The minimum absolute atomic E-state index is 0.217. The zero-order valence-corrected chi connectivity index (χ0v) is 17.5. The minimum atomic E-state index is -0.217. The first-order valence-corrected chi connectivity index (χ1v) is 10.1. The second kappa shape index (κ2) is 7.35. The van der Waals surface area contributed by atoms with Gasteiger partial charge in [-0.05, 0) is 36.8 Å². The number of hydrogen-bond donors (Lipinski definition) is 0. The minimum Gasteiger partial charge on any atom is -0.332 e. The van der Waals surface area contributed by atoms with Crippen LogP contribution in [0.2, 0.25) is 0 Å². The molecule has 0 aliphatic carbocycles. The van der Waals surface area contributed by atoms with E-state index >= 15 is 0 Å². The quantitative estimate of drug-likeness (QED) is 0.372. The maximum absolute atomic E-state index is 13.1. The molecule has 6 nitrogen and oxygen atoms in total. The van der Waals surface area contributed by atoms with Crippen LogP contribution in [0, 0.1) is 6.92 Å². The SMILES string of the molecule is Cc1ccccc1-c1noc(-c2nn(-c3cccc(Br)c3)c(=O)c3ccccc23)n1. The Labute approximate surface area is 179 Å². The Morgan fingerprint density at radius 3 is 2.50 bits per heavy atom. The highest BCUT2D eigenvalue weighted by Crippen LogP contribution is 2.27. The third-order valence-electron chi connectivity index (χ3n) is 4.87. The van der Waals surface area contributed by atoms with E-state index in [1.165, 1.54) is 4.68 Å². The van der Waals surface area contributed by atoms with Crippen molar-refractivity contribution in [1.29, 1.82) is 0 Å². The molecule has 0 spiro atoms. The zero-order chi connectivity index (χ0) is 20.7. The molecule has 3 aromatic carbocycles. The molecule has 0 bridgehead atoms. The summed E-state index contributed by atoms with van der Waals surface area (Å²) in [7, 11) is 0. The molecule has 2 heterocycles. The molecule has 0 radical (unpaired) electrons. The number of halogens is 1. The van der Waals surface area contributed by atoms with Crippen LogP contribution in [0.3, 0.4) is 0 Å². The molecular formula is C23H15BrN4O2. The largest absolute Gasteiger partial charge is 0.332 e. The Balaban J connectivity index is 1.75. The maximum atomic E-state index is 13.1. The van der Waals surface area contributed by atoms with Gasteiger partial charge in [0.05, 0.1) is 11.1 Å². The average molecular weight is 459 g/mol. The third kappa shape index (κ3) is 3.13. The fourth-order valence-corrected chi connectivity index (χ4v) is 3.77. The van der Waals surface area contributed by atoms with E-state index in [0.29, 0.717) is 28.0 Å². The topological polar surface area (TPSA) is 73.8 Å². The number of benzene rings is 3. The molecule has 0 saturated carbocycles. The Bertz CT molecular complexity index is 1460. The molecule has 7 heteroatoms.